The number of esters is 1. The van der Waals surface area contributed by atoms with Crippen molar-refractivity contribution < 1.29 is 14.3 Å². The van der Waals surface area contributed by atoms with Crippen LogP contribution in [-0.2, 0) is 22.6 Å². The number of aryl methyl sites for hydroxylation is 1. The molecule has 0 bridgehead atoms. The number of ether oxygens (including phenoxy) is 2. The van der Waals surface area contributed by atoms with Gasteiger partial charge in [0.2, 0.25) is 0 Å². The maximum absolute atomic E-state index is 12.7. The minimum atomic E-state index is -0.318. The number of rotatable bonds is 7. The molecule has 3 atom stereocenters. The summed E-state index contributed by atoms with van der Waals surface area (Å²) in [5.41, 5.74) is 7.79. The highest BCUT2D eigenvalue weighted by Crippen LogP contribution is 2.72. The number of fused-ring (bicyclic) bond motifs is 4. The summed E-state index contributed by atoms with van der Waals surface area (Å²) in [4.78, 5) is 20.4. The Morgan fingerprint density at radius 3 is 2.86 bits per heavy atom. The molecule has 178 valence electrons. The number of hydrogen-bond donors (Lipinski definition) is 1. The largest absolute Gasteiger partial charge is 0.489 e. The highest BCUT2D eigenvalue weighted by molar-refractivity contribution is 5.85. The van der Waals surface area contributed by atoms with Gasteiger partial charge in [0.05, 0.1) is 12.0 Å². The molecule has 0 radical (unpaired) electrons. The van der Waals surface area contributed by atoms with E-state index in [1.807, 2.05) is 31.5 Å². The molecule has 2 aliphatic rings. The average molecular weight is 467 g/mol. The Bertz CT molecular complexity index is 1440. The molecular weight excluding hydrogens is 436 g/mol. The van der Waals surface area contributed by atoms with Gasteiger partial charge in [-0.25, -0.2) is 4.98 Å². The number of hydrogen-bond acceptors (Lipinski definition) is 4. The fourth-order valence-electron chi connectivity index (χ4n) is 6.20. The number of H-pyrrole nitrogens is 1. The van der Waals surface area contributed by atoms with E-state index in [2.05, 4.69) is 60.2 Å². The second-order valence-corrected chi connectivity index (χ2v) is 9.84. The van der Waals surface area contributed by atoms with E-state index in [0.717, 1.165) is 40.8 Å². The quantitative estimate of drug-likeness (QED) is 0.323. The van der Waals surface area contributed by atoms with Gasteiger partial charge in [0, 0.05) is 29.3 Å². The lowest BCUT2D eigenvalue weighted by Gasteiger charge is -2.19. The van der Waals surface area contributed by atoms with Crippen LogP contribution < -0.4 is 4.74 Å². The molecule has 0 aliphatic heterocycles. The molecule has 35 heavy (non-hydrogen) atoms. The second kappa shape index (κ2) is 8.26. The SMILES string of the molecule is CCOC(=O)[C@@]1(CC)[C@@H]2Cc3cc(OCc4ccc(C)c(-c5cnc6[nH]ccc6c5)c4)ccc3[C@H]21. The van der Waals surface area contributed by atoms with Crippen molar-refractivity contribution in [2.45, 2.75) is 46.1 Å². The maximum Gasteiger partial charge on any atom is 0.313 e. The summed E-state index contributed by atoms with van der Waals surface area (Å²) in [5.74, 6) is 1.51. The normalized spacial score (nSPS) is 22.0. The first kappa shape index (κ1) is 21.9. The van der Waals surface area contributed by atoms with Crippen molar-refractivity contribution >= 4 is 17.0 Å². The van der Waals surface area contributed by atoms with Gasteiger partial charge in [0.15, 0.2) is 0 Å². The van der Waals surface area contributed by atoms with Crippen molar-refractivity contribution in [1.82, 2.24) is 9.97 Å². The molecule has 0 unspecified atom stereocenters. The number of aromatic nitrogens is 2. The van der Waals surface area contributed by atoms with Crippen molar-refractivity contribution in [1.29, 1.82) is 0 Å². The lowest BCUT2D eigenvalue weighted by Crippen LogP contribution is -2.24. The molecule has 5 heteroatoms. The Morgan fingerprint density at radius 1 is 1.14 bits per heavy atom. The zero-order valence-corrected chi connectivity index (χ0v) is 20.4. The van der Waals surface area contributed by atoms with E-state index in [9.17, 15) is 4.79 Å². The summed E-state index contributed by atoms with van der Waals surface area (Å²) >= 11 is 0. The van der Waals surface area contributed by atoms with Crippen LogP contribution in [0.3, 0.4) is 0 Å². The van der Waals surface area contributed by atoms with Crippen molar-refractivity contribution in [2.24, 2.45) is 11.3 Å². The van der Waals surface area contributed by atoms with Crippen LogP contribution in [0.4, 0.5) is 0 Å². The number of carbonyl (C=O) groups is 1. The molecule has 4 aromatic rings. The van der Waals surface area contributed by atoms with Crippen LogP contribution >= 0.6 is 0 Å². The highest BCUT2D eigenvalue weighted by atomic mass is 16.5. The van der Waals surface area contributed by atoms with Crippen LogP contribution in [0.25, 0.3) is 22.2 Å². The first-order chi connectivity index (χ1) is 17.0. The molecule has 1 saturated carbocycles. The molecule has 2 aromatic carbocycles. The summed E-state index contributed by atoms with van der Waals surface area (Å²) in [7, 11) is 0. The molecule has 5 nitrogen and oxygen atoms in total. The van der Waals surface area contributed by atoms with E-state index in [1.165, 1.54) is 22.3 Å². The average Bonchev–Trinajstić information content (AvgIpc) is 3.14. The van der Waals surface area contributed by atoms with Crippen molar-refractivity contribution in [3.05, 3.63) is 83.2 Å². The Kier molecular flexibility index (Phi) is 5.17. The van der Waals surface area contributed by atoms with Gasteiger partial charge in [-0.05, 0) is 90.8 Å². The van der Waals surface area contributed by atoms with Crippen LogP contribution in [0.15, 0.2) is 60.9 Å². The molecule has 0 saturated heterocycles. The third kappa shape index (κ3) is 3.44. The van der Waals surface area contributed by atoms with Gasteiger partial charge in [-0.2, -0.15) is 0 Å². The zero-order chi connectivity index (χ0) is 24.2. The Morgan fingerprint density at radius 2 is 2.03 bits per heavy atom. The Balaban J connectivity index is 1.18. The zero-order valence-electron chi connectivity index (χ0n) is 20.4. The summed E-state index contributed by atoms with van der Waals surface area (Å²) in [6.45, 7) is 7.05. The summed E-state index contributed by atoms with van der Waals surface area (Å²) in [5, 5.41) is 1.11. The molecule has 0 amide bonds. The predicted molar refractivity (Wildman–Crippen MR) is 136 cm³/mol. The number of aromatic amines is 1. The summed E-state index contributed by atoms with van der Waals surface area (Å²) < 4.78 is 11.6. The number of carbonyl (C=O) groups excluding carboxylic acids is 1. The lowest BCUT2D eigenvalue weighted by atomic mass is 9.89. The van der Waals surface area contributed by atoms with Gasteiger partial charge in [0.1, 0.15) is 18.0 Å². The topological polar surface area (TPSA) is 64.2 Å². The second-order valence-electron chi connectivity index (χ2n) is 9.84. The maximum atomic E-state index is 12.7. The molecule has 2 aromatic heterocycles. The first-order valence-corrected chi connectivity index (χ1v) is 12.5. The Labute approximate surface area is 205 Å². The number of pyridine rings is 1. The van der Waals surface area contributed by atoms with Gasteiger partial charge in [-0.15, -0.1) is 0 Å². The van der Waals surface area contributed by atoms with Crippen molar-refractivity contribution in [3.63, 3.8) is 0 Å². The van der Waals surface area contributed by atoms with Crippen LogP contribution in [0.5, 0.6) is 5.75 Å². The van der Waals surface area contributed by atoms with E-state index in [4.69, 9.17) is 9.47 Å². The lowest BCUT2D eigenvalue weighted by molar-refractivity contribution is -0.150. The minimum absolute atomic E-state index is 0.0236. The monoisotopic (exact) mass is 466 g/mol. The molecule has 0 spiro atoms. The van der Waals surface area contributed by atoms with Crippen molar-refractivity contribution in [2.75, 3.05) is 6.61 Å². The highest BCUT2D eigenvalue weighted by Gasteiger charge is 2.72. The molecular formula is C30H30N2O3. The molecule has 6 rings (SSSR count). The van der Waals surface area contributed by atoms with E-state index < -0.39 is 0 Å². The van der Waals surface area contributed by atoms with E-state index >= 15 is 0 Å². The van der Waals surface area contributed by atoms with Gasteiger partial charge < -0.3 is 14.5 Å². The number of nitrogens with one attached hydrogen (secondary N) is 1. The van der Waals surface area contributed by atoms with Gasteiger partial charge in [-0.1, -0.05) is 25.1 Å². The molecule has 1 N–H and O–H groups in total. The van der Waals surface area contributed by atoms with E-state index in [0.29, 0.717) is 25.0 Å². The van der Waals surface area contributed by atoms with E-state index in [1.54, 1.807) is 0 Å². The van der Waals surface area contributed by atoms with Gasteiger partial charge in [0.25, 0.3) is 0 Å². The van der Waals surface area contributed by atoms with Crippen LogP contribution in [0.2, 0.25) is 0 Å². The molecule has 1 fully saturated rings. The third-order valence-corrected chi connectivity index (χ3v) is 8.06. The smallest absolute Gasteiger partial charge is 0.313 e. The van der Waals surface area contributed by atoms with Crippen LogP contribution in [0.1, 0.15) is 48.4 Å². The predicted octanol–water partition coefficient (Wildman–Crippen LogP) is 6.35. The first-order valence-electron chi connectivity index (χ1n) is 12.5. The number of nitrogens with zero attached hydrogens (tertiary/aromatic N) is 1. The van der Waals surface area contributed by atoms with Crippen LogP contribution in [-0.4, -0.2) is 22.5 Å². The summed E-state index contributed by atoms with van der Waals surface area (Å²) in [6, 6.07) is 17.0. The number of benzene rings is 2. The van der Waals surface area contributed by atoms with Crippen LogP contribution in [0, 0.1) is 18.3 Å². The fourth-order valence-corrected chi connectivity index (χ4v) is 6.20. The van der Waals surface area contributed by atoms with Gasteiger partial charge >= 0.3 is 5.97 Å². The Hall–Kier alpha value is -3.60. The van der Waals surface area contributed by atoms with E-state index in [-0.39, 0.29) is 11.4 Å². The summed E-state index contributed by atoms with van der Waals surface area (Å²) in [6.07, 6.45) is 5.59. The standard InChI is InChI=1S/C30H30N2O3/c1-4-30(29(33)34-5-2)26-15-21-14-23(8-9-24(21)27(26)30)35-17-19-7-6-18(3)25(12-19)22-13-20-10-11-31-28(20)32-16-22/h6-14,16,26-27H,4-5,15,17H2,1-3H3,(H,31,32)/t26-,27-,30+/m1/s1. The molecule has 2 heterocycles. The van der Waals surface area contributed by atoms with Gasteiger partial charge in [-0.3, -0.25) is 4.79 Å². The fraction of sp³-hybridized carbons (Fsp3) is 0.333. The van der Waals surface area contributed by atoms with Crippen molar-refractivity contribution in [3.8, 4) is 16.9 Å². The third-order valence-electron chi connectivity index (χ3n) is 8.06. The molecule has 2 aliphatic carbocycles. The minimum Gasteiger partial charge on any atom is -0.489 e.